The Morgan fingerprint density at radius 2 is 0.672 bits per heavy atom. The highest BCUT2D eigenvalue weighted by Gasteiger charge is 2.16. The molecule has 0 spiro atoms. The molecular weight excluding hydrogens is 777 g/mol. The Morgan fingerprint density at radius 3 is 1.11 bits per heavy atom. The molecule has 0 atom stereocenters. The number of benzene rings is 4. The van der Waals surface area contributed by atoms with E-state index in [1.54, 1.807) is 18.2 Å². The summed E-state index contributed by atoms with van der Waals surface area (Å²) in [5, 5.41) is 0. The third-order valence-electron chi connectivity index (χ3n) is 11.7. The van der Waals surface area contributed by atoms with Crippen molar-refractivity contribution < 1.29 is 26.5 Å². The minimum absolute atomic E-state index is 0.393. The van der Waals surface area contributed by atoms with Crippen LogP contribution in [0.4, 0.5) is 0 Å². The molecule has 4 heteroatoms. The summed E-state index contributed by atoms with van der Waals surface area (Å²) >= 11 is 0. The smallest absolute Gasteiger partial charge is 0.201 e. The van der Waals surface area contributed by atoms with E-state index in [2.05, 4.69) is 163 Å². The second-order valence-corrected chi connectivity index (χ2v) is 17.4. The van der Waals surface area contributed by atoms with Crippen LogP contribution in [0.3, 0.4) is 0 Å². The molecule has 8 rings (SSSR count). The van der Waals surface area contributed by atoms with Crippen LogP contribution in [0.5, 0.6) is 0 Å². The van der Waals surface area contributed by atoms with E-state index in [0.29, 0.717) is 11.1 Å². The Kier molecular flexibility index (Phi) is 13.7. The molecule has 4 heterocycles. The van der Waals surface area contributed by atoms with Gasteiger partial charge in [0, 0.05) is 79.0 Å². The lowest BCUT2D eigenvalue weighted by atomic mass is 9.99. The molecule has 0 bridgehead atoms. The number of aryl methyl sites for hydroxylation is 15. The highest BCUT2D eigenvalue weighted by Crippen LogP contribution is 2.25. The van der Waals surface area contributed by atoms with Crippen molar-refractivity contribution in [2.75, 3.05) is 0 Å². The highest BCUT2D eigenvalue weighted by molar-refractivity contribution is 5.65. The molecule has 0 amide bonds. The molecule has 0 aliphatic rings. The van der Waals surface area contributed by atoms with Crippen LogP contribution in [-0.2, 0) is 28.2 Å². The van der Waals surface area contributed by atoms with Crippen LogP contribution < -0.4 is 18.3 Å². The molecule has 0 fully saturated rings. The second kappa shape index (κ2) is 21.7. The van der Waals surface area contributed by atoms with Gasteiger partial charge in [0.2, 0.25) is 22.8 Å². The Hall–Kier alpha value is -6.52. The maximum Gasteiger partial charge on any atom is 0.212 e. The normalized spacial score (nSPS) is 12.3. The van der Waals surface area contributed by atoms with Crippen molar-refractivity contribution in [3.05, 3.63) is 213 Å². The van der Waals surface area contributed by atoms with Crippen LogP contribution in [0.25, 0.3) is 45.0 Å². The molecule has 0 aliphatic carbocycles. The van der Waals surface area contributed by atoms with Gasteiger partial charge >= 0.3 is 0 Å². The van der Waals surface area contributed by atoms with Gasteiger partial charge in [0.05, 0.1) is 0 Å². The number of rotatable bonds is 4. The van der Waals surface area contributed by atoms with E-state index in [1.165, 1.54) is 61.5 Å². The number of hydrogen-bond acceptors (Lipinski definition) is 0. The van der Waals surface area contributed by atoms with Gasteiger partial charge in [-0.05, 0) is 157 Å². The fourth-order valence-corrected chi connectivity index (χ4v) is 7.75. The van der Waals surface area contributed by atoms with E-state index in [1.807, 2.05) is 80.7 Å². The Balaban J connectivity index is 0.000000174. The van der Waals surface area contributed by atoms with Crippen LogP contribution in [0, 0.1) is 82.9 Å². The summed E-state index contributed by atoms with van der Waals surface area (Å²) < 4.78 is 53.5. The zero-order chi connectivity index (χ0) is 51.8. The van der Waals surface area contributed by atoms with Crippen molar-refractivity contribution in [2.24, 2.45) is 28.2 Å². The molecule has 64 heavy (non-hydrogen) atoms. The van der Waals surface area contributed by atoms with Gasteiger partial charge in [0.25, 0.3) is 0 Å². The Labute approximate surface area is 394 Å². The number of nitrogens with zero attached hydrogens (tertiary/aromatic N) is 4. The van der Waals surface area contributed by atoms with Gasteiger partial charge in [-0.25, -0.2) is 18.3 Å². The SMILES string of the molecule is Cc1ccc(-c2cc(C)cc[n+]2C)c(C)c1.Cc1ccc(C)c(-c2cc(C)cc[n+]2C)c1.[2H]C([2H])([2H])c1ccc(-c2cc(C)cc[n+]2C)c(C)c1.[2H]C([2H])([2H])c1cccc(-c2cc(C)cc[n+]2C)c1C. The first-order valence-corrected chi connectivity index (χ1v) is 22.0. The van der Waals surface area contributed by atoms with Crippen LogP contribution >= 0.6 is 0 Å². The number of aromatic nitrogens is 4. The molecule has 328 valence electrons. The molecule has 0 saturated carbocycles. The summed E-state index contributed by atoms with van der Waals surface area (Å²) in [5.74, 6) is 0. The number of pyridine rings is 4. The van der Waals surface area contributed by atoms with Crippen molar-refractivity contribution >= 4 is 0 Å². The van der Waals surface area contributed by atoms with E-state index in [4.69, 9.17) is 8.22 Å². The van der Waals surface area contributed by atoms with Gasteiger partial charge in [-0.1, -0.05) is 65.2 Å². The van der Waals surface area contributed by atoms with Crippen molar-refractivity contribution in [3.63, 3.8) is 0 Å². The first kappa shape index (κ1) is 40.3. The van der Waals surface area contributed by atoms with E-state index in [-0.39, 0.29) is 0 Å². The molecule has 0 aliphatic heterocycles. The maximum atomic E-state index is 7.60. The van der Waals surface area contributed by atoms with E-state index in [9.17, 15) is 0 Å². The Bertz CT molecular complexity index is 3080. The van der Waals surface area contributed by atoms with E-state index >= 15 is 0 Å². The molecule has 0 N–H and O–H groups in total. The fraction of sp³-hybridized carbons (Fsp3) is 0.267. The topological polar surface area (TPSA) is 15.5 Å². The molecule has 0 radical (unpaired) electrons. The average Bonchev–Trinajstić information content (AvgIpc) is 3.28. The van der Waals surface area contributed by atoms with E-state index in [0.717, 1.165) is 39.2 Å². The third kappa shape index (κ3) is 12.6. The van der Waals surface area contributed by atoms with Crippen molar-refractivity contribution in [1.82, 2.24) is 0 Å². The molecule has 0 unspecified atom stereocenters. The van der Waals surface area contributed by atoms with Crippen molar-refractivity contribution in [2.45, 2.75) is 82.9 Å². The predicted octanol–water partition coefficient (Wildman–Crippen LogP) is 12.4. The number of hydrogen-bond donors (Lipinski definition) is 0. The van der Waals surface area contributed by atoms with Crippen LogP contribution in [0.15, 0.2) is 146 Å². The van der Waals surface area contributed by atoms with Gasteiger partial charge in [0.1, 0.15) is 28.2 Å². The first-order valence-electron chi connectivity index (χ1n) is 25.0. The summed E-state index contributed by atoms with van der Waals surface area (Å²) in [5.41, 5.74) is 22.2. The van der Waals surface area contributed by atoms with Gasteiger partial charge in [0.15, 0.2) is 24.8 Å². The Morgan fingerprint density at radius 1 is 0.297 bits per heavy atom. The first-order chi connectivity index (χ1) is 32.7. The molecule has 4 nitrogen and oxygen atoms in total. The highest BCUT2D eigenvalue weighted by atomic mass is 14.9. The predicted molar refractivity (Wildman–Crippen MR) is 269 cm³/mol. The summed E-state index contributed by atoms with van der Waals surface area (Å²) in [6.07, 6.45) is 8.24. The molecule has 4 aromatic carbocycles. The summed E-state index contributed by atoms with van der Waals surface area (Å²) in [7, 11) is 8.15. The van der Waals surface area contributed by atoms with Crippen LogP contribution in [0.1, 0.15) is 75.0 Å². The van der Waals surface area contributed by atoms with Gasteiger partial charge in [-0.15, -0.1) is 0 Å². The van der Waals surface area contributed by atoms with Crippen LogP contribution in [0.2, 0.25) is 0 Å². The quantitative estimate of drug-likeness (QED) is 0.157. The monoisotopic (exact) mass is 855 g/mol. The zero-order valence-corrected chi connectivity index (χ0v) is 40.6. The largest absolute Gasteiger partial charge is 0.212 e. The lowest BCUT2D eigenvalue weighted by molar-refractivity contribution is -0.660. The van der Waals surface area contributed by atoms with Gasteiger partial charge in [-0.2, -0.15) is 0 Å². The maximum absolute atomic E-state index is 7.60. The lowest BCUT2D eigenvalue weighted by Gasteiger charge is -2.07. The summed E-state index contributed by atoms with van der Waals surface area (Å²) in [4.78, 5) is 0. The van der Waals surface area contributed by atoms with Gasteiger partial charge in [-0.3, -0.25) is 0 Å². The fourth-order valence-electron chi connectivity index (χ4n) is 7.75. The van der Waals surface area contributed by atoms with Crippen molar-refractivity contribution in [1.29, 1.82) is 0 Å². The van der Waals surface area contributed by atoms with Crippen LogP contribution in [-0.4, -0.2) is 0 Å². The van der Waals surface area contributed by atoms with E-state index < -0.39 is 13.7 Å². The zero-order valence-electron chi connectivity index (χ0n) is 46.6. The van der Waals surface area contributed by atoms with Gasteiger partial charge < -0.3 is 0 Å². The lowest BCUT2D eigenvalue weighted by Crippen LogP contribution is -2.30. The molecule has 0 saturated heterocycles. The minimum atomic E-state index is -2.07. The minimum Gasteiger partial charge on any atom is -0.201 e. The molecule has 4 aromatic heterocycles. The third-order valence-corrected chi connectivity index (χ3v) is 11.7. The summed E-state index contributed by atoms with van der Waals surface area (Å²) in [6, 6.07) is 41.0. The summed E-state index contributed by atoms with van der Waals surface area (Å²) in [6.45, 7) is 16.7. The molecule has 8 aromatic rings. The average molecular weight is 855 g/mol. The molecular formula is C60H72N4+4. The standard InChI is InChI=1S/4C15H18N/c2*1-11-5-6-14(13(3)9-11)15-10-12(2)7-8-16(15)4;1-11-5-6-13(3)14(9-11)15-10-12(2)7-8-16(15)4;1-11-8-9-16(4)15(10-11)14-7-5-6-12(2)13(14)3/h4*5-10H,1-4H3/q4*+1/i1D3;;;2D3. The second-order valence-electron chi connectivity index (χ2n) is 17.4. The van der Waals surface area contributed by atoms with Crippen molar-refractivity contribution in [3.8, 4) is 45.0 Å².